The van der Waals surface area contributed by atoms with Crippen LogP contribution in [0.25, 0.3) is 0 Å². The van der Waals surface area contributed by atoms with Crippen molar-refractivity contribution in [3.05, 3.63) is 140 Å². The molecule has 0 atom stereocenters. The number of phenolic OH excluding ortho intramolecular Hbond substituents is 1. The van der Waals surface area contributed by atoms with E-state index in [1.54, 1.807) is 6.07 Å². The van der Waals surface area contributed by atoms with E-state index in [-0.39, 0.29) is 5.75 Å². The van der Waals surface area contributed by atoms with Gasteiger partial charge in [-0.25, -0.2) is 0 Å². The fourth-order valence-corrected chi connectivity index (χ4v) is 4.07. The lowest BCUT2D eigenvalue weighted by atomic mass is 10.1. The highest BCUT2D eigenvalue weighted by Crippen LogP contribution is 2.49. The Hall–Kier alpha value is -4.50. The molecule has 5 aromatic carbocycles. The van der Waals surface area contributed by atoms with Crippen LogP contribution in [-0.2, 0) is 0 Å². The molecule has 0 amide bonds. The lowest BCUT2D eigenvalue weighted by Gasteiger charge is -2.33. The van der Waals surface area contributed by atoms with E-state index in [4.69, 9.17) is 0 Å². The Labute approximate surface area is 194 Å². The minimum atomic E-state index is 0.206. The molecule has 33 heavy (non-hydrogen) atoms. The van der Waals surface area contributed by atoms with Gasteiger partial charge in [-0.05, 0) is 60.7 Å². The van der Waals surface area contributed by atoms with Gasteiger partial charge in [-0.3, -0.25) is 0 Å². The first-order chi connectivity index (χ1) is 16.3. The molecule has 0 bridgehead atoms. The summed E-state index contributed by atoms with van der Waals surface area (Å²) in [6, 6.07) is 46.4. The van der Waals surface area contributed by atoms with E-state index in [0.717, 1.165) is 28.4 Å². The van der Waals surface area contributed by atoms with Crippen molar-refractivity contribution in [2.24, 2.45) is 0 Å². The smallest absolute Gasteiger partial charge is 0.141 e. The maximum atomic E-state index is 11.3. The van der Waals surface area contributed by atoms with Crippen molar-refractivity contribution < 1.29 is 5.11 Å². The van der Waals surface area contributed by atoms with Gasteiger partial charge in [0, 0.05) is 22.7 Å². The van der Waals surface area contributed by atoms with Crippen LogP contribution in [0.1, 0.15) is 0 Å². The lowest BCUT2D eigenvalue weighted by molar-refractivity contribution is 0.476. The van der Waals surface area contributed by atoms with Crippen LogP contribution in [0.5, 0.6) is 5.75 Å². The first-order valence-corrected chi connectivity index (χ1v) is 11.0. The fourth-order valence-electron chi connectivity index (χ4n) is 4.07. The molecule has 0 saturated carbocycles. The predicted molar refractivity (Wildman–Crippen MR) is 137 cm³/mol. The lowest BCUT2D eigenvalue weighted by Crippen LogP contribution is -2.17. The molecule has 0 aliphatic rings. The zero-order valence-electron chi connectivity index (χ0n) is 18.1. The number of rotatable bonds is 6. The average Bonchev–Trinajstić information content (AvgIpc) is 2.89. The first-order valence-electron chi connectivity index (χ1n) is 11.0. The third kappa shape index (κ3) is 4.17. The van der Waals surface area contributed by atoms with Gasteiger partial charge in [0.2, 0.25) is 0 Å². The Kier molecular flexibility index (Phi) is 5.77. The van der Waals surface area contributed by atoms with Crippen molar-refractivity contribution in [1.29, 1.82) is 0 Å². The molecule has 0 radical (unpaired) electrons. The molecule has 0 aliphatic heterocycles. The standard InChI is InChI=1S/C30H24N2O/c33-29-23-13-22-28(31(24-14-5-1-6-15-24)25-16-7-2-8-17-25)30(29)32(26-18-9-3-10-19-26)27-20-11-4-12-21-27/h1-23,33H. The van der Waals surface area contributed by atoms with E-state index < -0.39 is 0 Å². The Bertz CT molecular complexity index is 1230. The molecule has 0 aliphatic carbocycles. The molecule has 0 saturated heterocycles. The number of hydrogen-bond acceptors (Lipinski definition) is 3. The number of phenols is 1. The van der Waals surface area contributed by atoms with Gasteiger partial charge < -0.3 is 14.9 Å². The first kappa shape index (κ1) is 20.4. The van der Waals surface area contributed by atoms with Crippen molar-refractivity contribution in [2.45, 2.75) is 0 Å². The number of hydrogen-bond donors (Lipinski definition) is 1. The summed E-state index contributed by atoms with van der Waals surface area (Å²) in [5.41, 5.74) is 5.54. The molecular weight excluding hydrogens is 404 g/mol. The number of nitrogens with zero attached hydrogens (tertiary/aromatic N) is 2. The summed E-state index contributed by atoms with van der Waals surface area (Å²) in [5.74, 6) is 0.206. The Balaban J connectivity index is 1.79. The van der Waals surface area contributed by atoms with Crippen LogP contribution < -0.4 is 9.80 Å². The van der Waals surface area contributed by atoms with E-state index in [2.05, 4.69) is 58.3 Å². The second-order valence-corrected chi connectivity index (χ2v) is 7.66. The van der Waals surface area contributed by atoms with Gasteiger partial charge in [-0.15, -0.1) is 0 Å². The minimum absolute atomic E-state index is 0.206. The SMILES string of the molecule is Oc1cccc(N(c2ccccc2)c2ccccc2)c1N(c1ccccc1)c1ccccc1. The van der Waals surface area contributed by atoms with Gasteiger partial charge in [-0.2, -0.15) is 0 Å². The Morgan fingerprint density at radius 3 is 1.12 bits per heavy atom. The summed E-state index contributed by atoms with van der Waals surface area (Å²) >= 11 is 0. The van der Waals surface area contributed by atoms with Crippen molar-refractivity contribution in [1.82, 2.24) is 0 Å². The molecule has 160 valence electrons. The van der Waals surface area contributed by atoms with Crippen LogP contribution in [0.15, 0.2) is 140 Å². The summed E-state index contributed by atoms with van der Waals surface area (Å²) < 4.78 is 0. The van der Waals surface area contributed by atoms with Crippen molar-refractivity contribution in [3.63, 3.8) is 0 Å². The largest absolute Gasteiger partial charge is 0.506 e. The summed E-state index contributed by atoms with van der Waals surface area (Å²) in [6.07, 6.45) is 0. The quantitative estimate of drug-likeness (QED) is 0.294. The highest BCUT2D eigenvalue weighted by atomic mass is 16.3. The minimum Gasteiger partial charge on any atom is -0.506 e. The van der Waals surface area contributed by atoms with Crippen LogP contribution in [0.2, 0.25) is 0 Å². The van der Waals surface area contributed by atoms with Gasteiger partial charge in [0.1, 0.15) is 11.4 Å². The van der Waals surface area contributed by atoms with E-state index in [9.17, 15) is 5.11 Å². The van der Waals surface area contributed by atoms with Crippen molar-refractivity contribution in [3.8, 4) is 5.75 Å². The monoisotopic (exact) mass is 428 g/mol. The molecule has 3 nitrogen and oxygen atoms in total. The average molecular weight is 429 g/mol. The zero-order valence-corrected chi connectivity index (χ0v) is 18.1. The summed E-state index contributed by atoms with van der Waals surface area (Å²) in [6.45, 7) is 0. The van der Waals surface area contributed by atoms with Crippen LogP contribution in [-0.4, -0.2) is 5.11 Å². The van der Waals surface area contributed by atoms with Gasteiger partial charge in [0.25, 0.3) is 0 Å². The third-order valence-electron chi connectivity index (χ3n) is 5.52. The van der Waals surface area contributed by atoms with E-state index in [1.165, 1.54) is 0 Å². The molecule has 0 heterocycles. The number of benzene rings is 5. The van der Waals surface area contributed by atoms with Crippen LogP contribution >= 0.6 is 0 Å². The van der Waals surface area contributed by atoms with Crippen molar-refractivity contribution >= 4 is 34.1 Å². The van der Waals surface area contributed by atoms with Gasteiger partial charge in [0.15, 0.2) is 0 Å². The van der Waals surface area contributed by atoms with Gasteiger partial charge in [-0.1, -0.05) is 78.9 Å². The maximum Gasteiger partial charge on any atom is 0.141 e. The second-order valence-electron chi connectivity index (χ2n) is 7.66. The predicted octanol–water partition coefficient (Wildman–Crippen LogP) is 8.33. The fraction of sp³-hybridized carbons (Fsp3) is 0. The molecule has 0 fully saturated rings. The topological polar surface area (TPSA) is 26.7 Å². The van der Waals surface area contributed by atoms with Crippen LogP contribution in [0, 0.1) is 0 Å². The molecule has 0 unspecified atom stereocenters. The van der Waals surface area contributed by atoms with E-state index in [0.29, 0.717) is 5.69 Å². The highest BCUT2D eigenvalue weighted by Gasteiger charge is 2.24. The maximum absolute atomic E-state index is 11.3. The van der Waals surface area contributed by atoms with Crippen LogP contribution in [0.4, 0.5) is 34.1 Å². The van der Waals surface area contributed by atoms with E-state index >= 15 is 0 Å². The number of para-hydroxylation sites is 5. The molecule has 0 aromatic heterocycles. The summed E-state index contributed by atoms with van der Waals surface area (Å²) in [5, 5.41) is 11.3. The van der Waals surface area contributed by atoms with Crippen LogP contribution in [0.3, 0.4) is 0 Å². The number of anilines is 6. The number of aromatic hydroxyl groups is 1. The molecule has 0 spiro atoms. The van der Waals surface area contributed by atoms with Crippen molar-refractivity contribution in [2.75, 3.05) is 9.80 Å². The Morgan fingerprint density at radius 1 is 0.364 bits per heavy atom. The normalized spacial score (nSPS) is 10.5. The summed E-state index contributed by atoms with van der Waals surface area (Å²) in [7, 11) is 0. The molecule has 5 rings (SSSR count). The zero-order chi connectivity index (χ0) is 22.5. The Morgan fingerprint density at radius 2 is 0.727 bits per heavy atom. The van der Waals surface area contributed by atoms with Gasteiger partial charge >= 0.3 is 0 Å². The summed E-state index contributed by atoms with van der Waals surface area (Å²) in [4.78, 5) is 4.28. The second kappa shape index (κ2) is 9.33. The molecule has 5 aromatic rings. The highest BCUT2D eigenvalue weighted by molar-refractivity contribution is 5.93. The van der Waals surface area contributed by atoms with Gasteiger partial charge in [0.05, 0.1) is 5.69 Å². The van der Waals surface area contributed by atoms with E-state index in [1.807, 2.05) is 84.9 Å². The molecule has 1 N–H and O–H groups in total. The molecular formula is C30H24N2O. The molecule has 3 heteroatoms. The third-order valence-corrected chi connectivity index (χ3v) is 5.52.